The third-order valence-corrected chi connectivity index (χ3v) is 3.03. The molecule has 1 heterocycles. The molecule has 2 N–H and O–H groups in total. The lowest BCUT2D eigenvalue weighted by Gasteiger charge is -2.07. The molecule has 0 aliphatic carbocycles. The van der Waals surface area contributed by atoms with E-state index in [0.29, 0.717) is 18.9 Å². The summed E-state index contributed by atoms with van der Waals surface area (Å²) in [6.45, 7) is 0.668. The molecule has 7 nitrogen and oxygen atoms in total. The molecule has 0 radical (unpaired) electrons. The zero-order valence-corrected chi connectivity index (χ0v) is 12.2. The Morgan fingerprint density at radius 3 is 2.82 bits per heavy atom. The summed E-state index contributed by atoms with van der Waals surface area (Å²) < 4.78 is 11.6. The molecule has 0 spiro atoms. The van der Waals surface area contributed by atoms with Crippen LogP contribution in [-0.2, 0) is 25.6 Å². The van der Waals surface area contributed by atoms with Crippen LogP contribution in [0.4, 0.5) is 5.69 Å². The lowest BCUT2D eigenvalue weighted by atomic mass is 10.2. The summed E-state index contributed by atoms with van der Waals surface area (Å²) in [5, 5.41) is 12.4. The first-order valence-corrected chi connectivity index (χ1v) is 6.77. The molecule has 1 aromatic heterocycles. The number of methoxy groups -OCH3 is 1. The number of hydrogen-bond acceptors (Lipinski definition) is 4. The number of carbonyl (C=O) groups excluding carboxylic acids is 1. The van der Waals surface area contributed by atoms with Crippen molar-refractivity contribution >= 4 is 28.5 Å². The van der Waals surface area contributed by atoms with Gasteiger partial charge in [-0.1, -0.05) is 0 Å². The number of carboxylic acids is 1. The van der Waals surface area contributed by atoms with Gasteiger partial charge in [-0.2, -0.15) is 0 Å². The zero-order valence-electron chi connectivity index (χ0n) is 12.2. The van der Waals surface area contributed by atoms with E-state index in [1.807, 2.05) is 6.07 Å². The minimum absolute atomic E-state index is 0.0403. The second-order valence-electron chi connectivity index (χ2n) is 4.70. The summed E-state index contributed by atoms with van der Waals surface area (Å²) >= 11 is 0. The average Bonchev–Trinajstić information content (AvgIpc) is 2.85. The lowest BCUT2D eigenvalue weighted by molar-refractivity contribution is -0.137. The Kier molecular flexibility index (Phi) is 5.51. The molecular formula is C15H18N2O5. The molecule has 2 rings (SSSR count). The number of carbonyl (C=O) groups is 2. The van der Waals surface area contributed by atoms with Gasteiger partial charge < -0.3 is 24.5 Å². The minimum atomic E-state index is -0.900. The Balaban J connectivity index is 1.98. The van der Waals surface area contributed by atoms with Crippen molar-refractivity contribution in [2.75, 3.05) is 32.2 Å². The van der Waals surface area contributed by atoms with Gasteiger partial charge in [-0.25, -0.2) is 0 Å². The molecule has 0 aliphatic heterocycles. The topological polar surface area (TPSA) is 89.8 Å². The third-order valence-electron chi connectivity index (χ3n) is 3.03. The van der Waals surface area contributed by atoms with E-state index in [1.54, 1.807) is 36.1 Å². The number of fused-ring (bicyclic) bond motifs is 1. The fraction of sp³-hybridized carbons (Fsp3) is 0.333. The Labute approximate surface area is 127 Å². The van der Waals surface area contributed by atoms with Crippen LogP contribution in [0.5, 0.6) is 0 Å². The molecule has 2 aromatic rings. The van der Waals surface area contributed by atoms with E-state index < -0.39 is 5.97 Å². The lowest BCUT2D eigenvalue weighted by Crippen LogP contribution is -2.19. The molecule has 0 aliphatic rings. The van der Waals surface area contributed by atoms with E-state index in [1.165, 1.54) is 0 Å². The van der Waals surface area contributed by atoms with Crippen molar-refractivity contribution in [3.8, 4) is 0 Å². The molecule has 1 aromatic carbocycles. The molecule has 0 saturated carbocycles. The van der Waals surface area contributed by atoms with Crippen molar-refractivity contribution < 1.29 is 24.2 Å². The summed E-state index contributed by atoms with van der Waals surface area (Å²) in [6.07, 6.45) is 1.71. The molecule has 0 fully saturated rings. The van der Waals surface area contributed by atoms with Crippen LogP contribution in [0.2, 0.25) is 0 Å². The standard InChI is InChI=1S/C15H18N2O5/c1-21-6-7-22-10-14(18)16-12-2-3-13-11(8-12)4-5-17(13)9-15(19)20/h2-5,8H,6-7,9-10H2,1H3,(H,16,18)(H,19,20). The molecule has 118 valence electrons. The van der Waals surface area contributed by atoms with Crippen molar-refractivity contribution in [1.29, 1.82) is 0 Å². The molecule has 0 saturated heterocycles. The van der Waals surface area contributed by atoms with E-state index in [9.17, 15) is 9.59 Å². The minimum Gasteiger partial charge on any atom is -0.480 e. The Morgan fingerprint density at radius 2 is 2.09 bits per heavy atom. The number of nitrogens with one attached hydrogen (secondary N) is 1. The zero-order chi connectivity index (χ0) is 15.9. The number of benzene rings is 1. The van der Waals surface area contributed by atoms with Crippen molar-refractivity contribution in [3.63, 3.8) is 0 Å². The number of carboxylic acid groups (broad SMARTS) is 1. The van der Waals surface area contributed by atoms with Crippen LogP contribution < -0.4 is 5.32 Å². The van der Waals surface area contributed by atoms with Crippen LogP contribution in [0, 0.1) is 0 Å². The van der Waals surface area contributed by atoms with Gasteiger partial charge in [0.25, 0.3) is 0 Å². The van der Waals surface area contributed by atoms with Gasteiger partial charge in [0.1, 0.15) is 13.2 Å². The number of aliphatic carboxylic acids is 1. The van der Waals surface area contributed by atoms with E-state index in [0.717, 1.165) is 10.9 Å². The molecule has 0 atom stereocenters. The van der Waals surface area contributed by atoms with Gasteiger partial charge in [0.2, 0.25) is 5.91 Å². The highest BCUT2D eigenvalue weighted by molar-refractivity contribution is 5.94. The fourth-order valence-electron chi connectivity index (χ4n) is 2.07. The SMILES string of the molecule is COCCOCC(=O)Nc1ccc2c(ccn2CC(=O)O)c1. The summed E-state index contributed by atoms with van der Waals surface area (Å²) in [7, 11) is 1.56. The Morgan fingerprint density at radius 1 is 1.27 bits per heavy atom. The molecule has 22 heavy (non-hydrogen) atoms. The number of anilines is 1. The van der Waals surface area contributed by atoms with Crippen LogP contribution in [0.15, 0.2) is 30.5 Å². The summed E-state index contributed by atoms with van der Waals surface area (Å²) in [4.78, 5) is 22.5. The number of ether oxygens (including phenoxy) is 2. The predicted octanol–water partition coefficient (Wildman–Crippen LogP) is 1.33. The number of hydrogen-bond donors (Lipinski definition) is 2. The van der Waals surface area contributed by atoms with Crippen LogP contribution in [0.1, 0.15) is 0 Å². The molecular weight excluding hydrogens is 288 g/mol. The van der Waals surface area contributed by atoms with Gasteiger partial charge in [0.05, 0.1) is 13.2 Å². The van der Waals surface area contributed by atoms with Crippen LogP contribution in [0.25, 0.3) is 10.9 Å². The van der Waals surface area contributed by atoms with Gasteiger partial charge in [-0.15, -0.1) is 0 Å². The number of nitrogens with zero attached hydrogens (tertiary/aromatic N) is 1. The first-order chi connectivity index (χ1) is 10.6. The Hall–Kier alpha value is -2.38. The van der Waals surface area contributed by atoms with Gasteiger partial charge in [0, 0.05) is 29.9 Å². The smallest absolute Gasteiger partial charge is 0.323 e. The number of rotatable bonds is 8. The maximum atomic E-state index is 11.7. The molecule has 0 bridgehead atoms. The van der Waals surface area contributed by atoms with E-state index >= 15 is 0 Å². The third kappa shape index (κ3) is 4.31. The summed E-state index contributed by atoms with van der Waals surface area (Å²) in [5.41, 5.74) is 1.44. The van der Waals surface area contributed by atoms with Crippen molar-refractivity contribution in [3.05, 3.63) is 30.5 Å². The van der Waals surface area contributed by atoms with Crippen LogP contribution >= 0.6 is 0 Å². The van der Waals surface area contributed by atoms with Crippen molar-refractivity contribution in [2.45, 2.75) is 6.54 Å². The number of amides is 1. The fourth-order valence-corrected chi connectivity index (χ4v) is 2.07. The average molecular weight is 306 g/mol. The van der Waals surface area contributed by atoms with E-state index in [-0.39, 0.29) is 19.1 Å². The van der Waals surface area contributed by atoms with Crippen molar-refractivity contribution in [1.82, 2.24) is 4.57 Å². The van der Waals surface area contributed by atoms with Gasteiger partial charge in [-0.3, -0.25) is 9.59 Å². The van der Waals surface area contributed by atoms with Crippen LogP contribution in [-0.4, -0.2) is 48.5 Å². The second kappa shape index (κ2) is 7.58. The van der Waals surface area contributed by atoms with Crippen LogP contribution in [0.3, 0.4) is 0 Å². The summed E-state index contributed by atoms with van der Waals surface area (Å²) in [5.74, 6) is -1.15. The molecule has 0 unspecified atom stereocenters. The first-order valence-electron chi connectivity index (χ1n) is 6.77. The monoisotopic (exact) mass is 306 g/mol. The predicted molar refractivity (Wildman–Crippen MR) is 80.9 cm³/mol. The van der Waals surface area contributed by atoms with Gasteiger partial charge >= 0.3 is 5.97 Å². The largest absolute Gasteiger partial charge is 0.480 e. The highest BCUT2D eigenvalue weighted by Gasteiger charge is 2.07. The Bertz CT molecular complexity index is 665. The van der Waals surface area contributed by atoms with Crippen molar-refractivity contribution in [2.24, 2.45) is 0 Å². The molecule has 1 amide bonds. The quantitative estimate of drug-likeness (QED) is 0.718. The van der Waals surface area contributed by atoms with Gasteiger partial charge in [-0.05, 0) is 24.3 Å². The highest BCUT2D eigenvalue weighted by Crippen LogP contribution is 2.20. The maximum absolute atomic E-state index is 11.7. The highest BCUT2D eigenvalue weighted by atomic mass is 16.5. The van der Waals surface area contributed by atoms with Gasteiger partial charge in [0.15, 0.2) is 0 Å². The normalized spacial score (nSPS) is 10.8. The van der Waals surface area contributed by atoms with E-state index in [2.05, 4.69) is 5.32 Å². The number of aromatic nitrogens is 1. The first kappa shape index (κ1) is 16.0. The maximum Gasteiger partial charge on any atom is 0.323 e. The molecule has 7 heteroatoms. The van der Waals surface area contributed by atoms with E-state index in [4.69, 9.17) is 14.6 Å². The summed E-state index contributed by atoms with van der Waals surface area (Å²) in [6, 6.07) is 7.11. The second-order valence-corrected chi connectivity index (χ2v) is 4.70.